The first-order valence-corrected chi connectivity index (χ1v) is 9.84. The SMILES string of the molecule is CN(Cc1ccncc1)C(=O)c1cc(-c2nnc(O)n2-c2ccccc2Cl)c(O)cc1O. The van der Waals surface area contributed by atoms with Gasteiger partial charge in [0.05, 0.1) is 21.8 Å². The van der Waals surface area contributed by atoms with E-state index in [9.17, 15) is 20.1 Å². The molecule has 0 saturated heterocycles. The van der Waals surface area contributed by atoms with Crippen LogP contribution in [-0.2, 0) is 6.54 Å². The lowest BCUT2D eigenvalue weighted by atomic mass is 10.1. The lowest BCUT2D eigenvalue weighted by Crippen LogP contribution is -2.26. The van der Waals surface area contributed by atoms with Crippen molar-refractivity contribution in [2.75, 3.05) is 7.05 Å². The van der Waals surface area contributed by atoms with Gasteiger partial charge in [-0.1, -0.05) is 28.8 Å². The molecule has 0 fully saturated rings. The summed E-state index contributed by atoms with van der Waals surface area (Å²) in [6, 6.07) is 12.1. The number of phenols is 2. The second-order valence-corrected chi connectivity index (χ2v) is 7.42. The predicted molar refractivity (Wildman–Crippen MR) is 117 cm³/mol. The molecular weight excluding hydrogens is 434 g/mol. The van der Waals surface area contributed by atoms with Crippen LogP contribution in [0.3, 0.4) is 0 Å². The number of hydrogen-bond donors (Lipinski definition) is 3. The first kappa shape index (κ1) is 21.1. The molecule has 9 nitrogen and oxygen atoms in total. The van der Waals surface area contributed by atoms with Crippen LogP contribution in [0.5, 0.6) is 17.5 Å². The molecule has 0 saturated carbocycles. The number of nitrogens with zero attached hydrogens (tertiary/aromatic N) is 5. The van der Waals surface area contributed by atoms with Crippen LogP contribution in [0.15, 0.2) is 60.9 Å². The number of para-hydroxylation sites is 1. The van der Waals surface area contributed by atoms with E-state index in [4.69, 9.17) is 11.6 Å². The van der Waals surface area contributed by atoms with Gasteiger partial charge in [0.15, 0.2) is 5.82 Å². The van der Waals surface area contributed by atoms with Gasteiger partial charge in [0, 0.05) is 32.1 Å². The fourth-order valence-electron chi connectivity index (χ4n) is 3.27. The second-order valence-electron chi connectivity index (χ2n) is 7.01. The van der Waals surface area contributed by atoms with Gasteiger partial charge in [-0.05, 0) is 35.9 Å². The third-order valence-electron chi connectivity index (χ3n) is 4.84. The van der Waals surface area contributed by atoms with E-state index >= 15 is 0 Å². The summed E-state index contributed by atoms with van der Waals surface area (Å²) in [5, 5.41) is 39.0. The maximum atomic E-state index is 13.0. The molecule has 3 N–H and O–H groups in total. The molecule has 32 heavy (non-hydrogen) atoms. The molecule has 4 aromatic rings. The predicted octanol–water partition coefficient (Wildman–Crippen LogP) is 3.37. The van der Waals surface area contributed by atoms with E-state index in [1.54, 1.807) is 55.8 Å². The number of pyridine rings is 1. The topological polar surface area (TPSA) is 125 Å². The highest BCUT2D eigenvalue weighted by atomic mass is 35.5. The van der Waals surface area contributed by atoms with Crippen molar-refractivity contribution >= 4 is 17.5 Å². The largest absolute Gasteiger partial charge is 0.507 e. The van der Waals surface area contributed by atoms with Crippen LogP contribution in [0.2, 0.25) is 5.02 Å². The number of phenolic OH excluding ortho intramolecular Hbond substituents is 2. The molecule has 4 rings (SSSR count). The first-order valence-electron chi connectivity index (χ1n) is 9.47. The van der Waals surface area contributed by atoms with E-state index in [0.717, 1.165) is 11.6 Å². The van der Waals surface area contributed by atoms with Crippen molar-refractivity contribution in [3.05, 3.63) is 77.1 Å². The van der Waals surface area contributed by atoms with Gasteiger partial charge in [-0.3, -0.25) is 9.78 Å². The van der Waals surface area contributed by atoms with Crippen LogP contribution in [0, 0.1) is 0 Å². The monoisotopic (exact) mass is 451 g/mol. The van der Waals surface area contributed by atoms with Crippen LogP contribution < -0.4 is 0 Å². The minimum atomic E-state index is -0.478. The number of carbonyl (C=O) groups is 1. The molecule has 0 aliphatic carbocycles. The maximum absolute atomic E-state index is 13.0. The Morgan fingerprint density at radius 3 is 2.47 bits per heavy atom. The Balaban J connectivity index is 1.76. The van der Waals surface area contributed by atoms with Gasteiger partial charge in [0.25, 0.3) is 5.91 Å². The van der Waals surface area contributed by atoms with Crippen molar-refractivity contribution in [3.8, 4) is 34.6 Å². The quantitative estimate of drug-likeness (QED) is 0.424. The summed E-state index contributed by atoms with van der Waals surface area (Å²) in [5.74, 6) is -1.19. The van der Waals surface area contributed by atoms with Gasteiger partial charge >= 0.3 is 6.01 Å². The molecule has 0 radical (unpaired) electrons. The van der Waals surface area contributed by atoms with Gasteiger partial charge in [0.2, 0.25) is 0 Å². The van der Waals surface area contributed by atoms with Crippen LogP contribution in [-0.4, -0.2) is 52.9 Å². The molecule has 162 valence electrons. The van der Waals surface area contributed by atoms with Gasteiger partial charge in [-0.25, -0.2) is 4.57 Å². The minimum absolute atomic E-state index is 0.0407. The van der Waals surface area contributed by atoms with E-state index in [-0.39, 0.29) is 29.2 Å². The lowest BCUT2D eigenvalue weighted by molar-refractivity contribution is 0.0782. The fraction of sp³-hybridized carbons (Fsp3) is 0.0909. The van der Waals surface area contributed by atoms with E-state index in [0.29, 0.717) is 10.7 Å². The Hall–Kier alpha value is -4.11. The van der Waals surface area contributed by atoms with Crippen molar-refractivity contribution in [3.63, 3.8) is 0 Å². The molecule has 2 heterocycles. The Morgan fingerprint density at radius 2 is 1.75 bits per heavy atom. The van der Waals surface area contributed by atoms with Gasteiger partial charge in [0.1, 0.15) is 11.5 Å². The number of carbonyl (C=O) groups excluding carboxylic acids is 1. The Morgan fingerprint density at radius 1 is 1.03 bits per heavy atom. The molecule has 10 heteroatoms. The van der Waals surface area contributed by atoms with E-state index < -0.39 is 17.7 Å². The Kier molecular flexibility index (Phi) is 5.65. The van der Waals surface area contributed by atoms with Gasteiger partial charge in [-0.2, -0.15) is 0 Å². The van der Waals surface area contributed by atoms with Crippen LogP contribution in [0.4, 0.5) is 0 Å². The maximum Gasteiger partial charge on any atom is 0.319 e. The lowest BCUT2D eigenvalue weighted by Gasteiger charge is -2.19. The summed E-state index contributed by atoms with van der Waals surface area (Å²) in [4.78, 5) is 18.4. The number of hydrogen-bond acceptors (Lipinski definition) is 7. The van der Waals surface area contributed by atoms with Crippen molar-refractivity contribution in [2.45, 2.75) is 6.54 Å². The highest BCUT2D eigenvalue weighted by molar-refractivity contribution is 6.32. The molecule has 0 atom stereocenters. The summed E-state index contributed by atoms with van der Waals surface area (Å²) in [6.07, 6.45) is 3.25. The second kappa shape index (κ2) is 8.56. The summed E-state index contributed by atoms with van der Waals surface area (Å²) in [6.45, 7) is 0.285. The summed E-state index contributed by atoms with van der Waals surface area (Å²) in [5.41, 5.74) is 1.26. The molecule has 0 aliphatic heterocycles. The molecule has 0 aliphatic rings. The summed E-state index contributed by atoms with van der Waals surface area (Å²) in [7, 11) is 1.59. The molecule has 0 unspecified atom stereocenters. The fourth-order valence-corrected chi connectivity index (χ4v) is 3.49. The third-order valence-corrected chi connectivity index (χ3v) is 5.16. The molecule has 2 aromatic carbocycles. The summed E-state index contributed by atoms with van der Waals surface area (Å²) < 4.78 is 1.24. The highest BCUT2D eigenvalue weighted by Gasteiger charge is 2.24. The van der Waals surface area contributed by atoms with Gasteiger partial charge < -0.3 is 20.2 Å². The highest BCUT2D eigenvalue weighted by Crippen LogP contribution is 2.38. The Labute approximate surface area is 187 Å². The number of rotatable bonds is 5. The van der Waals surface area contributed by atoms with Crippen LogP contribution >= 0.6 is 11.6 Å². The van der Waals surface area contributed by atoms with E-state index in [1.807, 2.05) is 0 Å². The molecule has 1 amide bonds. The number of benzene rings is 2. The average Bonchev–Trinajstić information content (AvgIpc) is 3.15. The molecule has 0 bridgehead atoms. The normalized spacial score (nSPS) is 10.8. The van der Waals surface area contributed by atoms with Crippen LogP contribution in [0.1, 0.15) is 15.9 Å². The smallest absolute Gasteiger partial charge is 0.319 e. The standard InChI is InChI=1S/C22H18ClN5O4/c1-27(12-13-6-8-24-9-7-13)21(31)15-10-14(18(29)11-19(15)30)20-25-26-22(32)28(20)17-5-3-2-4-16(17)23/h2-11,29-30H,12H2,1H3,(H,26,32). The first-order chi connectivity index (χ1) is 15.4. The van der Waals surface area contributed by atoms with E-state index in [2.05, 4.69) is 15.2 Å². The molecule has 0 spiro atoms. The zero-order valence-corrected chi connectivity index (χ0v) is 17.6. The van der Waals surface area contributed by atoms with Crippen molar-refractivity contribution in [1.29, 1.82) is 0 Å². The van der Waals surface area contributed by atoms with Crippen molar-refractivity contribution in [1.82, 2.24) is 24.6 Å². The number of aromatic hydroxyl groups is 3. The summed E-state index contributed by atoms with van der Waals surface area (Å²) >= 11 is 6.26. The van der Waals surface area contributed by atoms with Crippen LogP contribution in [0.25, 0.3) is 17.1 Å². The molecular formula is C22H18ClN5O4. The average molecular weight is 452 g/mol. The Bertz CT molecular complexity index is 1290. The van der Waals surface area contributed by atoms with Crippen molar-refractivity contribution in [2.24, 2.45) is 0 Å². The zero-order chi connectivity index (χ0) is 22.8. The number of aromatic nitrogens is 4. The third kappa shape index (κ3) is 3.93. The number of halogens is 1. The van der Waals surface area contributed by atoms with Gasteiger partial charge in [-0.15, -0.1) is 5.10 Å². The minimum Gasteiger partial charge on any atom is -0.507 e. The molecule has 2 aromatic heterocycles. The zero-order valence-electron chi connectivity index (χ0n) is 16.8. The van der Waals surface area contributed by atoms with Crippen molar-refractivity contribution < 1.29 is 20.1 Å². The van der Waals surface area contributed by atoms with E-state index in [1.165, 1.54) is 15.5 Å². The number of amides is 1.